The highest BCUT2D eigenvalue weighted by atomic mass is 16.5. The number of benzene rings is 3. The molecule has 0 aromatic heterocycles. The van der Waals surface area contributed by atoms with E-state index in [9.17, 15) is 20.0 Å². The number of aryl methyl sites for hydroxylation is 1. The van der Waals surface area contributed by atoms with E-state index in [2.05, 4.69) is 0 Å². The van der Waals surface area contributed by atoms with Crippen LogP contribution >= 0.6 is 0 Å². The summed E-state index contributed by atoms with van der Waals surface area (Å²) < 4.78 is 5.86. The summed E-state index contributed by atoms with van der Waals surface area (Å²) in [4.78, 5) is 22.2. The third-order valence-electron chi connectivity index (χ3n) is 4.37. The van der Waals surface area contributed by atoms with Crippen molar-refractivity contribution in [2.75, 3.05) is 0 Å². The molecule has 0 spiro atoms. The number of carboxylic acids is 1. The van der Waals surface area contributed by atoms with Gasteiger partial charge in [0.25, 0.3) is 0 Å². The fourth-order valence-electron chi connectivity index (χ4n) is 2.99. The second-order valence-electron chi connectivity index (χ2n) is 6.28. The van der Waals surface area contributed by atoms with Crippen molar-refractivity contribution in [3.63, 3.8) is 0 Å². The summed E-state index contributed by atoms with van der Waals surface area (Å²) >= 11 is 0. The summed E-state index contributed by atoms with van der Waals surface area (Å²) in [7, 11) is 0. The predicted octanol–water partition coefficient (Wildman–Crippen LogP) is 4.62. The standard InChI is InChI=1S/C23H17NO4/c1-15-10-16(13-25)8-9-22(15)28-14-17-4-2-5-18(11-17)19-6-3-7-20(23(26)27)21(19)12-24/h2-11,13H,14H2,1H3,(H,26,27). The number of aromatic carboxylic acids is 1. The number of rotatable bonds is 6. The number of hydrogen-bond donors (Lipinski definition) is 1. The number of carbonyl (C=O) groups excluding carboxylic acids is 1. The first-order valence-electron chi connectivity index (χ1n) is 8.58. The lowest BCUT2D eigenvalue weighted by molar-refractivity contribution is 0.0696. The Labute approximate surface area is 162 Å². The maximum atomic E-state index is 11.4. The minimum absolute atomic E-state index is 0.0208. The van der Waals surface area contributed by atoms with Gasteiger partial charge < -0.3 is 9.84 Å². The molecule has 28 heavy (non-hydrogen) atoms. The Bertz CT molecular complexity index is 1100. The molecule has 138 valence electrons. The molecule has 5 nitrogen and oxygen atoms in total. The minimum atomic E-state index is -1.13. The van der Waals surface area contributed by atoms with Gasteiger partial charge in [0.1, 0.15) is 24.7 Å². The molecule has 0 saturated carbocycles. The van der Waals surface area contributed by atoms with E-state index in [1.54, 1.807) is 30.3 Å². The van der Waals surface area contributed by atoms with Crippen LogP contribution in [0.5, 0.6) is 5.75 Å². The van der Waals surface area contributed by atoms with Gasteiger partial charge in [0, 0.05) is 11.1 Å². The highest BCUT2D eigenvalue weighted by Gasteiger charge is 2.15. The van der Waals surface area contributed by atoms with E-state index in [4.69, 9.17) is 4.74 Å². The van der Waals surface area contributed by atoms with E-state index in [0.29, 0.717) is 23.5 Å². The average molecular weight is 371 g/mol. The molecule has 0 atom stereocenters. The molecule has 0 heterocycles. The number of nitrogens with zero attached hydrogens (tertiary/aromatic N) is 1. The molecule has 0 aliphatic heterocycles. The number of carbonyl (C=O) groups is 2. The molecule has 0 amide bonds. The molecule has 0 aliphatic carbocycles. The third kappa shape index (κ3) is 3.92. The first-order chi connectivity index (χ1) is 13.5. The fraction of sp³-hybridized carbons (Fsp3) is 0.0870. The second-order valence-corrected chi connectivity index (χ2v) is 6.28. The normalized spacial score (nSPS) is 10.1. The Morgan fingerprint density at radius 2 is 1.93 bits per heavy atom. The molecule has 3 rings (SSSR count). The summed E-state index contributed by atoms with van der Waals surface area (Å²) in [6.07, 6.45) is 0.790. The maximum absolute atomic E-state index is 11.4. The Kier molecular flexibility index (Phi) is 5.52. The zero-order valence-electron chi connectivity index (χ0n) is 15.2. The van der Waals surface area contributed by atoms with Gasteiger partial charge in [-0.15, -0.1) is 0 Å². The van der Waals surface area contributed by atoms with Crippen molar-refractivity contribution in [2.45, 2.75) is 13.5 Å². The van der Waals surface area contributed by atoms with Gasteiger partial charge in [-0.1, -0.05) is 30.3 Å². The molecule has 0 fully saturated rings. The Morgan fingerprint density at radius 3 is 2.61 bits per heavy atom. The smallest absolute Gasteiger partial charge is 0.337 e. The van der Waals surface area contributed by atoms with Crippen LogP contribution in [0.1, 0.15) is 37.4 Å². The minimum Gasteiger partial charge on any atom is -0.489 e. The van der Waals surface area contributed by atoms with Crippen molar-refractivity contribution in [3.8, 4) is 22.9 Å². The van der Waals surface area contributed by atoms with Crippen LogP contribution in [-0.2, 0) is 6.61 Å². The van der Waals surface area contributed by atoms with Gasteiger partial charge in [-0.25, -0.2) is 4.79 Å². The van der Waals surface area contributed by atoms with Gasteiger partial charge in [-0.3, -0.25) is 4.79 Å². The number of hydrogen-bond acceptors (Lipinski definition) is 4. The summed E-state index contributed by atoms with van der Waals surface area (Å²) in [5.74, 6) is -0.450. The van der Waals surface area contributed by atoms with Gasteiger partial charge in [-0.05, 0) is 53.9 Å². The van der Waals surface area contributed by atoms with Crippen LogP contribution in [0.15, 0.2) is 60.7 Å². The second kappa shape index (κ2) is 8.19. The van der Waals surface area contributed by atoms with Gasteiger partial charge >= 0.3 is 5.97 Å². The van der Waals surface area contributed by atoms with Crippen LogP contribution in [0.2, 0.25) is 0 Å². The van der Waals surface area contributed by atoms with Crippen LogP contribution < -0.4 is 4.74 Å². The lowest BCUT2D eigenvalue weighted by atomic mass is 9.95. The van der Waals surface area contributed by atoms with E-state index in [1.165, 1.54) is 6.07 Å². The molecule has 3 aromatic rings. The molecule has 0 aliphatic rings. The van der Waals surface area contributed by atoms with Gasteiger partial charge in [0.05, 0.1) is 11.1 Å². The average Bonchev–Trinajstić information content (AvgIpc) is 2.72. The van der Waals surface area contributed by atoms with Crippen LogP contribution in [0, 0.1) is 18.3 Å². The third-order valence-corrected chi connectivity index (χ3v) is 4.37. The lowest BCUT2D eigenvalue weighted by Gasteiger charge is -2.12. The quantitative estimate of drug-likeness (QED) is 0.639. The first-order valence-corrected chi connectivity index (χ1v) is 8.58. The number of carboxylic acid groups (broad SMARTS) is 1. The Balaban J connectivity index is 1.88. The SMILES string of the molecule is Cc1cc(C=O)ccc1OCc1cccc(-c2cccc(C(=O)O)c2C#N)c1. The van der Waals surface area contributed by atoms with E-state index < -0.39 is 5.97 Å². The van der Waals surface area contributed by atoms with Crippen molar-refractivity contribution >= 4 is 12.3 Å². The summed E-state index contributed by atoms with van der Waals surface area (Å²) in [6, 6.07) is 19.4. The fourth-order valence-corrected chi connectivity index (χ4v) is 2.99. The topological polar surface area (TPSA) is 87.4 Å². The molecule has 1 N–H and O–H groups in total. The molecule has 0 unspecified atom stereocenters. The molecule has 0 saturated heterocycles. The van der Waals surface area contributed by atoms with Crippen LogP contribution in [-0.4, -0.2) is 17.4 Å². The van der Waals surface area contributed by atoms with E-state index in [-0.39, 0.29) is 11.1 Å². The zero-order chi connectivity index (χ0) is 20.1. The predicted molar refractivity (Wildman–Crippen MR) is 104 cm³/mol. The van der Waals surface area contributed by atoms with E-state index in [1.807, 2.05) is 37.3 Å². The van der Waals surface area contributed by atoms with Crippen LogP contribution in [0.25, 0.3) is 11.1 Å². The van der Waals surface area contributed by atoms with Crippen molar-refractivity contribution in [3.05, 3.63) is 88.5 Å². The van der Waals surface area contributed by atoms with Crippen molar-refractivity contribution in [1.82, 2.24) is 0 Å². The van der Waals surface area contributed by atoms with Crippen LogP contribution in [0.3, 0.4) is 0 Å². The molecule has 3 aromatic carbocycles. The van der Waals surface area contributed by atoms with Gasteiger partial charge in [0.2, 0.25) is 0 Å². The summed E-state index contributed by atoms with van der Waals surface area (Å²) in [5, 5.41) is 18.7. The molecule has 0 radical (unpaired) electrons. The molecule has 0 bridgehead atoms. The van der Waals surface area contributed by atoms with Crippen molar-refractivity contribution in [1.29, 1.82) is 5.26 Å². The molecular weight excluding hydrogens is 354 g/mol. The van der Waals surface area contributed by atoms with Crippen molar-refractivity contribution in [2.24, 2.45) is 0 Å². The molecular formula is C23H17NO4. The van der Waals surface area contributed by atoms with Gasteiger partial charge in [0.15, 0.2) is 0 Å². The van der Waals surface area contributed by atoms with Crippen LogP contribution in [0.4, 0.5) is 0 Å². The highest BCUT2D eigenvalue weighted by Crippen LogP contribution is 2.27. The number of aldehydes is 1. The van der Waals surface area contributed by atoms with E-state index in [0.717, 1.165) is 23.0 Å². The largest absolute Gasteiger partial charge is 0.489 e. The Hall–Kier alpha value is -3.91. The monoisotopic (exact) mass is 371 g/mol. The lowest BCUT2D eigenvalue weighted by Crippen LogP contribution is -2.02. The zero-order valence-corrected chi connectivity index (χ0v) is 15.2. The summed E-state index contributed by atoms with van der Waals surface area (Å²) in [5.41, 5.74) is 3.75. The number of nitriles is 1. The van der Waals surface area contributed by atoms with Crippen molar-refractivity contribution < 1.29 is 19.4 Å². The summed E-state index contributed by atoms with van der Waals surface area (Å²) in [6.45, 7) is 2.17. The van der Waals surface area contributed by atoms with Gasteiger partial charge in [-0.2, -0.15) is 5.26 Å². The molecule has 5 heteroatoms. The first kappa shape index (κ1) is 18.9. The maximum Gasteiger partial charge on any atom is 0.337 e. The Morgan fingerprint density at radius 1 is 1.14 bits per heavy atom. The van der Waals surface area contributed by atoms with E-state index >= 15 is 0 Å². The highest BCUT2D eigenvalue weighted by molar-refractivity contribution is 5.93. The number of ether oxygens (including phenoxy) is 1.